The number of anilines is 2. The maximum Gasteiger partial charge on any atom is 0.407 e. The Hall–Kier alpha value is -2.81. The molecule has 1 heterocycles. The van der Waals surface area contributed by atoms with Crippen molar-refractivity contribution in [2.75, 3.05) is 30.9 Å². The summed E-state index contributed by atoms with van der Waals surface area (Å²) in [5, 5.41) is 5.95. The van der Waals surface area contributed by atoms with Gasteiger partial charge in [0.25, 0.3) is 0 Å². The lowest BCUT2D eigenvalue weighted by Crippen LogP contribution is -2.33. The molecule has 0 unspecified atom stereocenters. The summed E-state index contributed by atoms with van der Waals surface area (Å²) in [4.78, 5) is 20.6. The fourth-order valence-electron chi connectivity index (χ4n) is 2.35. The van der Waals surface area contributed by atoms with Crippen molar-refractivity contribution in [1.82, 2.24) is 15.3 Å². The Morgan fingerprint density at radius 1 is 1.11 bits per heavy atom. The summed E-state index contributed by atoms with van der Waals surface area (Å²) < 4.78 is 10.4. The highest BCUT2D eigenvalue weighted by Crippen LogP contribution is 2.23. The predicted octanol–water partition coefficient (Wildman–Crippen LogP) is 2.64. The fourth-order valence-corrected chi connectivity index (χ4v) is 2.35. The van der Waals surface area contributed by atoms with Gasteiger partial charge in [-0.25, -0.2) is 20.6 Å². The molecule has 0 saturated carbocycles. The molecule has 0 spiro atoms. The van der Waals surface area contributed by atoms with Gasteiger partial charge in [0, 0.05) is 19.2 Å². The molecular weight excluding hydrogens is 348 g/mol. The third kappa shape index (κ3) is 6.45. The first-order chi connectivity index (χ1) is 12.8. The van der Waals surface area contributed by atoms with Gasteiger partial charge in [-0.1, -0.05) is 0 Å². The van der Waals surface area contributed by atoms with E-state index in [1.165, 1.54) is 0 Å². The zero-order valence-corrected chi connectivity index (χ0v) is 16.3. The molecule has 0 saturated heterocycles. The average Bonchev–Trinajstić information content (AvgIpc) is 2.61. The van der Waals surface area contributed by atoms with E-state index >= 15 is 0 Å². The number of benzene rings is 1. The Bertz CT molecular complexity index is 776. The van der Waals surface area contributed by atoms with E-state index in [0.29, 0.717) is 36.0 Å². The van der Waals surface area contributed by atoms with Gasteiger partial charge in [0.05, 0.1) is 18.1 Å². The molecule has 9 heteroatoms. The van der Waals surface area contributed by atoms with Gasteiger partial charge in [-0.2, -0.15) is 0 Å². The first kappa shape index (κ1) is 20.5. The summed E-state index contributed by atoms with van der Waals surface area (Å²) in [6.45, 7) is 6.70. The number of rotatable bonds is 8. The van der Waals surface area contributed by atoms with Crippen LogP contribution in [0, 0.1) is 0 Å². The van der Waals surface area contributed by atoms with E-state index in [1.807, 2.05) is 39.0 Å². The number of aromatic nitrogens is 2. The molecule has 1 amide bonds. The van der Waals surface area contributed by atoms with Gasteiger partial charge in [0.15, 0.2) is 11.6 Å². The van der Waals surface area contributed by atoms with Crippen molar-refractivity contribution >= 4 is 28.8 Å². The molecule has 148 valence electrons. The lowest BCUT2D eigenvalue weighted by atomic mass is 10.2. The van der Waals surface area contributed by atoms with Crippen molar-refractivity contribution in [3.05, 3.63) is 18.2 Å². The summed E-state index contributed by atoms with van der Waals surface area (Å²) >= 11 is 0. The van der Waals surface area contributed by atoms with Gasteiger partial charge in [-0.15, -0.1) is 0 Å². The molecule has 9 nitrogen and oxygen atoms in total. The van der Waals surface area contributed by atoms with Crippen molar-refractivity contribution in [2.45, 2.75) is 39.2 Å². The van der Waals surface area contributed by atoms with Gasteiger partial charge in [-0.05, 0) is 45.7 Å². The number of ether oxygens (including phenoxy) is 2. The maximum atomic E-state index is 11.6. The highest BCUT2D eigenvalue weighted by atomic mass is 16.6. The first-order valence-corrected chi connectivity index (χ1v) is 8.85. The lowest BCUT2D eigenvalue weighted by molar-refractivity contribution is 0.0527. The molecule has 2 rings (SSSR count). The quantitative estimate of drug-likeness (QED) is 0.315. The molecule has 0 radical (unpaired) electrons. The Kier molecular flexibility index (Phi) is 7.00. The number of alkyl carbamates (subject to hydrolysis) is 1. The normalized spacial score (nSPS) is 11.1. The van der Waals surface area contributed by atoms with Crippen molar-refractivity contribution in [3.8, 4) is 5.75 Å². The van der Waals surface area contributed by atoms with Crippen LogP contribution in [-0.4, -0.2) is 41.9 Å². The monoisotopic (exact) mass is 376 g/mol. The van der Waals surface area contributed by atoms with E-state index in [9.17, 15) is 4.79 Å². The van der Waals surface area contributed by atoms with E-state index < -0.39 is 11.7 Å². The number of nitrogens with two attached hydrogens (primary N) is 1. The van der Waals surface area contributed by atoms with E-state index in [-0.39, 0.29) is 0 Å². The second kappa shape index (κ2) is 9.22. The molecule has 5 N–H and O–H groups in total. The fraction of sp³-hybridized carbons (Fsp3) is 0.500. The number of nitrogens with zero attached hydrogens (tertiary/aromatic N) is 2. The number of fused-ring (bicyclic) bond motifs is 1. The number of carbonyl (C=O) groups is 1. The van der Waals surface area contributed by atoms with E-state index in [0.717, 1.165) is 18.4 Å². The zero-order valence-electron chi connectivity index (χ0n) is 16.3. The maximum absolute atomic E-state index is 11.6. The number of hydrogen-bond donors (Lipinski definition) is 4. The molecule has 0 atom stereocenters. The number of carbonyl (C=O) groups excluding carboxylic acids is 1. The van der Waals surface area contributed by atoms with Crippen LogP contribution in [0.15, 0.2) is 18.2 Å². The SMILES string of the molecule is COc1ccc2nc(NN)c(NCCCCNC(=O)OC(C)(C)C)nc2c1. The smallest absolute Gasteiger partial charge is 0.407 e. The van der Waals surface area contributed by atoms with Crippen LogP contribution in [0.25, 0.3) is 11.0 Å². The predicted molar refractivity (Wildman–Crippen MR) is 106 cm³/mol. The number of hydrogen-bond acceptors (Lipinski definition) is 8. The highest BCUT2D eigenvalue weighted by molar-refractivity contribution is 5.81. The Labute approximate surface area is 159 Å². The Balaban J connectivity index is 1.84. The van der Waals surface area contributed by atoms with E-state index in [2.05, 4.69) is 26.0 Å². The molecule has 0 aliphatic heterocycles. The molecule has 1 aromatic carbocycles. The van der Waals surface area contributed by atoms with Gasteiger partial charge in [0.1, 0.15) is 11.4 Å². The van der Waals surface area contributed by atoms with Crippen molar-refractivity contribution in [2.24, 2.45) is 5.84 Å². The summed E-state index contributed by atoms with van der Waals surface area (Å²) in [5.74, 6) is 7.31. The Morgan fingerprint density at radius 2 is 1.81 bits per heavy atom. The minimum atomic E-state index is -0.491. The number of methoxy groups -OCH3 is 1. The average molecular weight is 376 g/mol. The summed E-state index contributed by atoms with van der Waals surface area (Å²) in [7, 11) is 1.61. The van der Waals surface area contributed by atoms with Crippen LogP contribution in [0.4, 0.5) is 16.4 Å². The van der Waals surface area contributed by atoms with Gasteiger partial charge in [0.2, 0.25) is 0 Å². The topological polar surface area (TPSA) is 123 Å². The van der Waals surface area contributed by atoms with Crippen molar-refractivity contribution in [3.63, 3.8) is 0 Å². The molecule has 2 aromatic rings. The molecule has 0 bridgehead atoms. The summed E-state index contributed by atoms with van der Waals surface area (Å²) in [6, 6.07) is 5.47. The molecule has 0 aliphatic rings. The van der Waals surface area contributed by atoms with Crippen LogP contribution >= 0.6 is 0 Å². The lowest BCUT2D eigenvalue weighted by Gasteiger charge is -2.19. The second-order valence-electron chi connectivity index (χ2n) is 6.98. The minimum Gasteiger partial charge on any atom is -0.497 e. The van der Waals surface area contributed by atoms with Crippen LogP contribution in [-0.2, 0) is 4.74 Å². The van der Waals surface area contributed by atoms with Crippen LogP contribution in [0.5, 0.6) is 5.75 Å². The summed E-state index contributed by atoms with van der Waals surface area (Å²) in [6.07, 6.45) is 1.23. The number of nitrogen functional groups attached to an aromatic ring is 1. The van der Waals surface area contributed by atoms with Crippen molar-refractivity contribution < 1.29 is 14.3 Å². The standard InChI is InChI=1S/C18H28N6O3/c1-18(2,3)27-17(25)21-10-6-5-9-20-15-16(24-19)22-13-8-7-12(26-4)11-14(13)23-15/h7-8,11H,5-6,9-10,19H2,1-4H3,(H,20,23)(H,21,25)(H,22,24). The van der Waals surface area contributed by atoms with Crippen LogP contribution in [0.2, 0.25) is 0 Å². The Morgan fingerprint density at radius 3 is 2.48 bits per heavy atom. The van der Waals surface area contributed by atoms with Gasteiger partial charge >= 0.3 is 6.09 Å². The summed E-state index contributed by atoms with van der Waals surface area (Å²) in [5.41, 5.74) is 3.50. The second-order valence-corrected chi connectivity index (χ2v) is 6.98. The third-order valence-electron chi connectivity index (χ3n) is 3.57. The number of hydrazine groups is 1. The third-order valence-corrected chi connectivity index (χ3v) is 3.57. The number of amides is 1. The number of nitrogens with one attached hydrogen (secondary N) is 3. The van der Waals surface area contributed by atoms with Crippen LogP contribution < -0.4 is 26.6 Å². The van der Waals surface area contributed by atoms with Crippen LogP contribution in [0.3, 0.4) is 0 Å². The molecule has 0 aliphatic carbocycles. The van der Waals surface area contributed by atoms with Gasteiger partial charge in [-0.3, -0.25) is 0 Å². The highest BCUT2D eigenvalue weighted by Gasteiger charge is 2.15. The van der Waals surface area contributed by atoms with E-state index in [1.54, 1.807) is 7.11 Å². The molecular formula is C18H28N6O3. The zero-order chi connectivity index (χ0) is 19.9. The van der Waals surface area contributed by atoms with E-state index in [4.69, 9.17) is 15.3 Å². The molecule has 1 aromatic heterocycles. The largest absolute Gasteiger partial charge is 0.497 e. The number of unbranched alkanes of at least 4 members (excludes halogenated alkanes) is 1. The minimum absolute atomic E-state index is 0.403. The first-order valence-electron chi connectivity index (χ1n) is 8.85. The van der Waals surface area contributed by atoms with Crippen LogP contribution in [0.1, 0.15) is 33.6 Å². The van der Waals surface area contributed by atoms with Gasteiger partial charge < -0.3 is 25.5 Å². The van der Waals surface area contributed by atoms with Crippen molar-refractivity contribution in [1.29, 1.82) is 0 Å². The molecule has 0 fully saturated rings. The molecule has 27 heavy (non-hydrogen) atoms.